The summed E-state index contributed by atoms with van der Waals surface area (Å²) < 4.78 is 1.93. The second kappa shape index (κ2) is 6.84. The van der Waals surface area contributed by atoms with Crippen LogP contribution in [0.2, 0.25) is 0 Å². The van der Waals surface area contributed by atoms with Gasteiger partial charge in [0.15, 0.2) is 10.9 Å². The molecule has 1 saturated heterocycles. The Bertz CT molecular complexity index is 941. The molecule has 3 heterocycles. The molecule has 0 radical (unpaired) electrons. The number of amides is 3. The lowest BCUT2D eigenvalue weighted by molar-refractivity contribution is -0.134. The SMILES string of the molecule is Cc1cc(C(=O)CN2C(=O)N(C)C3(CCCCC3)C2=O)c(C)n1-c1nccs1. The van der Waals surface area contributed by atoms with Crippen LogP contribution >= 0.6 is 11.3 Å². The fraction of sp³-hybridized carbons (Fsp3) is 0.500. The predicted octanol–water partition coefficient (Wildman–Crippen LogP) is 3.33. The maximum Gasteiger partial charge on any atom is 0.327 e. The zero-order valence-electron chi connectivity index (χ0n) is 16.4. The van der Waals surface area contributed by atoms with Crippen LogP contribution in [0, 0.1) is 13.8 Å². The van der Waals surface area contributed by atoms with E-state index < -0.39 is 5.54 Å². The van der Waals surface area contributed by atoms with Gasteiger partial charge < -0.3 is 4.90 Å². The van der Waals surface area contributed by atoms with Crippen molar-refractivity contribution >= 4 is 29.1 Å². The van der Waals surface area contributed by atoms with Crippen molar-refractivity contribution in [3.05, 3.63) is 34.6 Å². The summed E-state index contributed by atoms with van der Waals surface area (Å²) in [5.74, 6) is -0.444. The highest BCUT2D eigenvalue weighted by Crippen LogP contribution is 2.39. The van der Waals surface area contributed by atoms with Crippen LogP contribution in [0.25, 0.3) is 5.13 Å². The van der Waals surface area contributed by atoms with Crippen molar-refractivity contribution in [2.75, 3.05) is 13.6 Å². The number of ketones is 1. The van der Waals surface area contributed by atoms with Crippen LogP contribution in [0.3, 0.4) is 0 Å². The molecule has 8 heteroatoms. The Hall–Kier alpha value is -2.48. The number of aromatic nitrogens is 2. The van der Waals surface area contributed by atoms with E-state index in [9.17, 15) is 14.4 Å². The van der Waals surface area contributed by atoms with Crippen molar-refractivity contribution in [1.29, 1.82) is 0 Å². The van der Waals surface area contributed by atoms with E-state index in [1.807, 2.05) is 29.9 Å². The molecule has 0 bridgehead atoms. The third kappa shape index (κ3) is 2.70. The van der Waals surface area contributed by atoms with E-state index in [-0.39, 0.29) is 24.3 Å². The zero-order chi connectivity index (χ0) is 20.1. The van der Waals surface area contributed by atoms with Gasteiger partial charge in [-0.2, -0.15) is 0 Å². The number of carbonyl (C=O) groups is 3. The van der Waals surface area contributed by atoms with E-state index in [1.54, 1.807) is 18.1 Å². The van der Waals surface area contributed by atoms with E-state index in [2.05, 4.69) is 4.98 Å². The van der Waals surface area contributed by atoms with Gasteiger partial charge in [-0.15, -0.1) is 11.3 Å². The summed E-state index contributed by atoms with van der Waals surface area (Å²) in [6.07, 6.45) is 6.02. The van der Waals surface area contributed by atoms with Crippen LogP contribution in [0.5, 0.6) is 0 Å². The van der Waals surface area contributed by atoms with E-state index in [1.165, 1.54) is 11.3 Å². The van der Waals surface area contributed by atoms with E-state index >= 15 is 0 Å². The number of likely N-dealkylation sites (N-methyl/N-ethyl adjacent to an activating group) is 1. The minimum absolute atomic E-state index is 0.216. The van der Waals surface area contributed by atoms with Crippen molar-refractivity contribution in [3.63, 3.8) is 0 Å². The highest BCUT2D eigenvalue weighted by molar-refractivity contribution is 7.12. The largest absolute Gasteiger partial charge is 0.327 e. The summed E-state index contributed by atoms with van der Waals surface area (Å²) in [5.41, 5.74) is 1.45. The normalized spacial score (nSPS) is 19.1. The van der Waals surface area contributed by atoms with E-state index in [0.29, 0.717) is 18.4 Å². The molecule has 2 aromatic heterocycles. The predicted molar refractivity (Wildman–Crippen MR) is 106 cm³/mol. The lowest BCUT2D eigenvalue weighted by atomic mass is 9.80. The van der Waals surface area contributed by atoms with Crippen molar-refractivity contribution < 1.29 is 14.4 Å². The first-order valence-corrected chi connectivity index (χ1v) is 10.5. The number of carbonyl (C=O) groups excluding carboxylic acids is 3. The summed E-state index contributed by atoms with van der Waals surface area (Å²) in [7, 11) is 1.68. The molecule has 0 N–H and O–H groups in total. The molecule has 1 aliphatic heterocycles. The fourth-order valence-electron chi connectivity index (χ4n) is 4.57. The number of aryl methyl sites for hydroxylation is 1. The van der Waals surface area contributed by atoms with Gasteiger partial charge in [0.05, 0.1) is 6.54 Å². The highest BCUT2D eigenvalue weighted by Gasteiger charge is 2.55. The smallest absolute Gasteiger partial charge is 0.313 e. The van der Waals surface area contributed by atoms with Crippen molar-refractivity contribution in [2.24, 2.45) is 0 Å². The van der Waals surface area contributed by atoms with Crippen LogP contribution in [0.15, 0.2) is 17.6 Å². The summed E-state index contributed by atoms with van der Waals surface area (Å²) in [5, 5.41) is 2.68. The lowest BCUT2D eigenvalue weighted by Crippen LogP contribution is -2.49. The number of rotatable bonds is 4. The Kier molecular flexibility index (Phi) is 4.61. The Morgan fingerprint density at radius 2 is 1.93 bits per heavy atom. The quantitative estimate of drug-likeness (QED) is 0.583. The molecule has 2 aliphatic rings. The summed E-state index contributed by atoms with van der Waals surface area (Å²) in [6, 6.07) is 1.44. The molecule has 1 aliphatic carbocycles. The first-order chi connectivity index (χ1) is 13.4. The first-order valence-electron chi connectivity index (χ1n) is 9.58. The molecule has 4 rings (SSSR count). The van der Waals surface area contributed by atoms with Gasteiger partial charge in [-0.3, -0.25) is 19.1 Å². The second-order valence-electron chi connectivity index (χ2n) is 7.68. The summed E-state index contributed by atoms with van der Waals surface area (Å²) in [4.78, 5) is 45.9. The fourth-order valence-corrected chi connectivity index (χ4v) is 5.32. The molecule has 2 aromatic rings. The number of hydrogen-bond donors (Lipinski definition) is 0. The molecule has 1 saturated carbocycles. The standard InChI is InChI=1S/C20H24N4O3S/c1-13-11-15(14(2)24(13)18-21-9-10-28-18)16(25)12-23-17(26)20(22(3)19(23)27)7-5-4-6-8-20/h9-11H,4-8,12H2,1-3H3. The lowest BCUT2D eigenvalue weighted by Gasteiger charge is -2.35. The number of nitrogens with zero attached hydrogens (tertiary/aromatic N) is 4. The molecule has 2 fully saturated rings. The number of urea groups is 1. The minimum Gasteiger partial charge on any atom is -0.313 e. The Morgan fingerprint density at radius 1 is 1.21 bits per heavy atom. The topological polar surface area (TPSA) is 75.5 Å². The Balaban J connectivity index is 1.60. The molecule has 0 aromatic carbocycles. The van der Waals surface area contributed by atoms with Crippen LogP contribution in [0.1, 0.15) is 53.8 Å². The monoisotopic (exact) mass is 400 g/mol. The number of Topliss-reactive ketones (excluding diaryl/α,β-unsaturated/α-hetero) is 1. The van der Waals surface area contributed by atoms with Crippen molar-refractivity contribution in [2.45, 2.75) is 51.5 Å². The van der Waals surface area contributed by atoms with Crippen molar-refractivity contribution in [3.8, 4) is 5.13 Å². The van der Waals surface area contributed by atoms with Gasteiger partial charge in [0.1, 0.15) is 5.54 Å². The number of thiazole rings is 1. The first kappa shape index (κ1) is 18.9. The van der Waals surface area contributed by atoms with Gasteiger partial charge in [0.2, 0.25) is 0 Å². The Labute approximate surface area is 168 Å². The maximum absolute atomic E-state index is 13.1. The molecule has 1 spiro atoms. The van der Waals surface area contributed by atoms with Gasteiger partial charge in [0, 0.05) is 35.6 Å². The van der Waals surface area contributed by atoms with Crippen LogP contribution in [-0.2, 0) is 4.79 Å². The maximum atomic E-state index is 13.1. The highest BCUT2D eigenvalue weighted by atomic mass is 32.1. The summed E-state index contributed by atoms with van der Waals surface area (Å²) >= 11 is 1.49. The average Bonchev–Trinajstić information content (AvgIpc) is 3.35. The Morgan fingerprint density at radius 3 is 2.57 bits per heavy atom. The van der Waals surface area contributed by atoms with Gasteiger partial charge in [-0.1, -0.05) is 19.3 Å². The van der Waals surface area contributed by atoms with Crippen LogP contribution < -0.4 is 0 Å². The van der Waals surface area contributed by atoms with Gasteiger partial charge in [0.25, 0.3) is 5.91 Å². The van der Waals surface area contributed by atoms with Gasteiger partial charge in [-0.25, -0.2) is 9.78 Å². The molecule has 7 nitrogen and oxygen atoms in total. The molecule has 28 heavy (non-hydrogen) atoms. The number of hydrogen-bond acceptors (Lipinski definition) is 5. The third-order valence-corrected chi connectivity index (χ3v) is 6.88. The van der Waals surface area contributed by atoms with Crippen molar-refractivity contribution in [1.82, 2.24) is 19.4 Å². The molecule has 0 unspecified atom stereocenters. The molecular weight excluding hydrogens is 376 g/mol. The number of imide groups is 1. The van der Waals surface area contributed by atoms with E-state index in [4.69, 9.17) is 0 Å². The van der Waals surface area contributed by atoms with E-state index in [0.717, 1.165) is 40.7 Å². The van der Waals surface area contributed by atoms with Crippen LogP contribution in [0.4, 0.5) is 4.79 Å². The minimum atomic E-state index is -0.757. The molecule has 3 amide bonds. The third-order valence-electron chi connectivity index (χ3n) is 6.13. The molecular formula is C20H24N4O3S. The second-order valence-corrected chi connectivity index (χ2v) is 8.56. The van der Waals surface area contributed by atoms with Gasteiger partial charge >= 0.3 is 6.03 Å². The molecule has 148 valence electrons. The van der Waals surface area contributed by atoms with Crippen LogP contribution in [-0.4, -0.2) is 56.2 Å². The average molecular weight is 401 g/mol. The zero-order valence-corrected chi connectivity index (χ0v) is 17.2. The van der Waals surface area contributed by atoms with Gasteiger partial charge in [-0.05, 0) is 32.8 Å². The molecule has 0 atom stereocenters. The summed E-state index contributed by atoms with van der Waals surface area (Å²) in [6.45, 7) is 3.57.